The maximum atomic E-state index is 13.2. The van der Waals surface area contributed by atoms with E-state index in [2.05, 4.69) is 5.32 Å². The number of amides is 1. The lowest BCUT2D eigenvalue weighted by molar-refractivity contribution is 0.0855. The number of aromatic nitrogens is 1. The molecule has 3 aromatic rings. The summed E-state index contributed by atoms with van der Waals surface area (Å²) >= 11 is 0. The normalized spacial score (nSPS) is 18.9. The third-order valence-corrected chi connectivity index (χ3v) is 5.65. The maximum absolute atomic E-state index is 13.2. The first-order chi connectivity index (χ1) is 14.5. The Labute approximate surface area is 172 Å². The summed E-state index contributed by atoms with van der Waals surface area (Å²) in [7, 11) is 0. The van der Waals surface area contributed by atoms with Gasteiger partial charge in [0.05, 0.1) is 17.8 Å². The van der Waals surface area contributed by atoms with Crippen LogP contribution in [0.15, 0.2) is 59.5 Å². The molecule has 30 heavy (non-hydrogen) atoms. The number of fused-ring (bicyclic) bond motifs is 2. The summed E-state index contributed by atoms with van der Waals surface area (Å²) in [6, 6.07) is 13.9. The molecule has 2 aromatic carbocycles. The molecule has 1 aliphatic carbocycles. The Morgan fingerprint density at radius 2 is 1.93 bits per heavy atom. The number of aliphatic hydroxyl groups excluding tert-OH is 1. The second-order valence-corrected chi connectivity index (χ2v) is 7.51. The van der Waals surface area contributed by atoms with Crippen molar-refractivity contribution in [1.29, 1.82) is 0 Å². The number of rotatable bonds is 3. The fourth-order valence-electron chi connectivity index (χ4n) is 4.10. The molecular formula is C23H20N2O5. The summed E-state index contributed by atoms with van der Waals surface area (Å²) in [5.41, 5.74) is 2.62. The third kappa shape index (κ3) is 2.95. The van der Waals surface area contributed by atoms with Crippen molar-refractivity contribution >= 4 is 5.91 Å². The molecule has 2 atom stereocenters. The number of carbonyl (C=O) groups excluding carboxylic acids is 1. The van der Waals surface area contributed by atoms with Gasteiger partial charge in [0, 0.05) is 18.7 Å². The Hall–Kier alpha value is -3.58. The van der Waals surface area contributed by atoms with Crippen molar-refractivity contribution in [2.45, 2.75) is 25.5 Å². The molecule has 5 rings (SSSR count). The number of hydrogen-bond donors (Lipinski definition) is 2. The average Bonchev–Trinajstić information content (AvgIpc) is 3.32. The van der Waals surface area contributed by atoms with Crippen molar-refractivity contribution in [1.82, 2.24) is 9.88 Å². The van der Waals surface area contributed by atoms with Gasteiger partial charge in [0.15, 0.2) is 11.5 Å². The monoisotopic (exact) mass is 404 g/mol. The predicted octanol–water partition coefficient (Wildman–Crippen LogP) is 2.26. The van der Waals surface area contributed by atoms with Gasteiger partial charge >= 0.3 is 0 Å². The molecule has 0 fully saturated rings. The van der Waals surface area contributed by atoms with Crippen LogP contribution in [0.25, 0.3) is 5.69 Å². The topological polar surface area (TPSA) is 89.8 Å². The van der Waals surface area contributed by atoms with Crippen LogP contribution < -0.4 is 20.3 Å². The van der Waals surface area contributed by atoms with Gasteiger partial charge in [0.2, 0.25) is 6.79 Å². The van der Waals surface area contributed by atoms with Crippen molar-refractivity contribution in [3.63, 3.8) is 0 Å². The molecule has 2 heterocycles. The van der Waals surface area contributed by atoms with Gasteiger partial charge < -0.3 is 19.9 Å². The van der Waals surface area contributed by atoms with Crippen LogP contribution in [-0.4, -0.2) is 28.5 Å². The van der Waals surface area contributed by atoms with E-state index >= 15 is 0 Å². The molecule has 1 amide bonds. The zero-order valence-corrected chi connectivity index (χ0v) is 16.3. The number of ether oxygens (including phenoxy) is 2. The molecule has 0 saturated carbocycles. The highest BCUT2D eigenvalue weighted by Crippen LogP contribution is 2.34. The van der Waals surface area contributed by atoms with Gasteiger partial charge in [-0.25, -0.2) is 0 Å². The lowest BCUT2D eigenvalue weighted by Gasteiger charge is -2.19. The van der Waals surface area contributed by atoms with E-state index in [1.807, 2.05) is 24.3 Å². The Morgan fingerprint density at radius 3 is 2.80 bits per heavy atom. The summed E-state index contributed by atoms with van der Waals surface area (Å²) < 4.78 is 12.1. The van der Waals surface area contributed by atoms with Crippen molar-refractivity contribution in [3.05, 3.63) is 87.3 Å². The van der Waals surface area contributed by atoms with Gasteiger partial charge in [0.1, 0.15) is 5.56 Å². The summed E-state index contributed by atoms with van der Waals surface area (Å²) in [5, 5.41) is 13.3. The van der Waals surface area contributed by atoms with Crippen LogP contribution in [0.4, 0.5) is 0 Å². The van der Waals surface area contributed by atoms with E-state index in [1.54, 1.807) is 37.4 Å². The number of hydrogen-bond acceptors (Lipinski definition) is 5. The second kappa shape index (κ2) is 7.03. The number of nitrogens with zero attached hydrogens (tertiary/aromatic N) is 1. The third-order valence-electron chi connectivity index (χ3n) is 5.65. The number of carbonyl (C=O) groups is 1. The second-order valence-electron chi connectivity index (χ2n) is 7.51. The summed E-state index contributed by atoms with van der Waals surface area (Å²) in [6.07, 6.45) is 1.37. The van der Waals surface area contributed by atoms with Crippen LogP contribution in [0.2, 0.25) is 0 Å². The van der Waals surface area contributed by atoms with Crippen molar-refractivity contribution in [2.24, 2.45) is 0 Å². The SMILES string of the molecule is Cc1ccn(-c2ccc3c(c2)OCO3)c(=O)c1C(=O)N[C@@H]1c2ccccc2C[C@@H]1O. The van der Waals surface area contributed by atoms with Crippen LogP contribution in [-0.2, 0) is 6.42 Å². The first-order valence-corrected chi connectivity index (χ1v) is 9.72. The lowest BCUT2D eigenvalue weighted by atomic mass is 10.1. The first kappa shape index (κ1) is 18.4. The zero-order chi connectivity index (χ0) is 20.8. The highest BCUT2D eigenvalue weighted by molar-refractivity contribution is 5.95. The summed E-state index contributed by atoms with van der Waals surface area (Å²) in [6.45, 7) is 1.86. The predicted molar refractivity (Wildman–Crippen MR) is 109 cm³/mol. The highest BCUT2D eigenvalue weighted by Gasteiger charge is 2.33. The van der Waals surface area contributed by atoms with Crippen molar-refractivity contribution in [3.8, 4) is 17.2 Å². The van der Waals surface area contributed by atoms with Crippen LogP contribution >= 0.6 is 0 Å². The summed E-state index contributed by atoms with van der Waals surface area (Å²) in [5.74, 6) is 0.663. The van der Waals surface area contributed by atoms with E-state index in [9.17, 15) is 14.7 Å². The quantitative estimate of drug-likeness (QED) is 0.699. The molecule has 7 nitrogen and oxygen atoms in total. The van der Waals surface area contributed by atoms with E-state index < -0.39 is 23.6 Å². The van der Waals surface area contributed by atoms with Gasteiger partial charge in [0.25, 0.3) is 11.5 Å². The number of aryl methyl sites for hydroxylation is 1. The fraction of sp³-hybridized carbons (Fsp3) is 0.217. The average molecular weight is 404 g/mol. The number of aliphatic hydroxyl groups is 1. The van der Waals surface area contributed by atoms with Gasteiger partial charge in [-0.15, -0.1) is 0 Å². The molecule has 0 radical (unpaired) electrons. The number of benzene rings is 2. The molecular weight excluding hydrogens is 384 g/mol. The van der Waals surface area contributed by atoms with Crippen molar-refractivity contribution in [2.75, 3.05) is 6.79 Å². The van der Waals surface area contributed by atoms with E-state index in [-0.39, 0.29) is 12.4 Å². The molecule has 1 aliphatic heterocycles. The Bertz CT molecular complexity index is 1220. The standard InChI is InChI=1S/C23H20N2O5/c1-13-8-9-25(15-6-7-18-19(11-15)30-12-29-18)23(28)20(13)22(27)24-21-16-5-3-2-4-14(16)10-17(21)26/h2-9,11,17,21,26H,10,12H2,1H3,(H,24,27)/t17-,21+/m0/s1. The van der Waals surface area contributed by atoms with Gasteiger partial charge in [-0.3, -0.25) is 14.2 Å². The van der Waals surface area contributed by atoms with Crippen LogP contribution in [0.3, 0.4) is 0 Å². The number of nitrogens with one attached hydrogen (secondary N) is 1. The molecule has 1 aromatic heterocycles. The molecule has 2 aliphatic rings. The lowest BCUT2D eigenvalue weighted by Crippen LogP contribution is -2.38. The van der Waals surface area contributed by atoms with E-state index in [0.717, 1.165) is 11.1 Å². The minimum Gasteiger partial charge on any atom is -0.454 e. The van der Waals surface area contributed by atoms with E-state index in [1.165, 1.54) is 4.57 Å². The molecule has 0 spiro atoms. The molecule has 152 valence electrons. The highest BCUT2D eigenvalue weighted by atomic mass is 16.7. The minimum atomic E-state index is -0.730. The fourth-order valence-corrected chi connectivity index (χ4v) is 4.10. The maximum Gasteiger partial charge on any atom is 0.268 e. The van der Waals surface area contributed by atoms with Crippen molar-refractivity contribution < 1.29 is 19.4 Å². The minimum absolute atomic E-state index is 0.0479. The van der Waals surface area contributed by atoms with Crippen LogP contribution in [0.1, 0.15) is 33.1 Å². The van der Waals surface area contributed by atoms with Gasteiger partial charge in [-0.05, 0) is 41.8 Å². The van der Waals surface area contributed by atoms with E-state index in [0.29, 0.717) is 29.2 Å². The number of pyridine rings is 1. The van der Waals surface area contributed by atoms with Gasteiger partial charge in [-0.2, -0.15) is 0 Å². The zero-order valence-electron chi connectivity index (χ0n) is 16.3. The smallest absolute Gasteiger partial charge is 0.268 e. The molecule has 0 saturated heterocycles. The Morgan fingerprint density at radius 1 is 1.13 bits per heavy atom. The molecule has 2 N–H and O–H groups in total. The van der Waals surface area contributed by atoms with Crippen LogP contribution in [0, 0.1) is 6.92 Å². The van der Waals surface area contributed by atoms with Gasteiger partial charge in [-0.1, -0.05) is 24.3 Å². The molecule has 0 bridgehead atoms. The largest absolute Gasteiger partial charge is 0.454 e. The Kier molecular flexibility index (Phi) is 4.33. The summed E-state index contributed by atoms with van der Waals surface area (Å²) in [4.78, 5) is 26.3. The first-order valence-electron chi connectivity index (χ1n) is 9.72. The van der Waals surface area contributed by atoms with E-state index in [4.69, 9.17) is 9.47 Å². The van der Waals surface area contributed by atoms with Crippen LogP contribution in [0.5, 0.6) is 11.5 Å². The molecule has 0 unspecified atom stereocenters. The molecule has 7 heteroatoms. The Balaban J connectivity index is 1.50.